The standard InChI is InChI=1S/C19H34O5/c1-13(2)11-23-18(20)16(15-9-7-6-8-10-15)17(22-5)19(21)24-12-14(3)4/h13-17H,6-12H2,1-5H3. The molecule has 1 saturated carbocycles. The summed E-state index contributed by atoms with van der Waals surface area (Å²) in [6.07, 6.45) is 4.32. The van der Waals surface area contributed by atoms with E-state index in [9.17, 15) is 9.59 Å². The van der Waals surface area contributed by atoms with Crippen LogP contribution in [-0.4, -0.2) is 38.4 Å². The second-order valence-electron chi connectivity index (χ2n) is 7.63. The molecule has 5 nitrogen and oxygen atoms in total. The molecule has 2 atom stereocenters. The Kier molecular flexibility index (Phi) is 9.34. The summed E-state index contributed by atoms with van der Waals surface area (Å²) in [6, 6.07) is 0. The van der Waals surface area contributed by atoms with Gasteiger partial charge in [0.1, 0.15) is 0 Å². The minimum Gasteiger partial charge on any atom is -0.465 e. The van der Waals surface area contributed by atoms with Gasteiger partial charge in [-0.25, -0.2) is 4.79 Å². The van der Waals surface area contributed by atoms with Crippen molar-refractivity contribution >= 4 is 11.9 Å². The lowest BCUT2D eigenvalue weighted by atomic mass is 9.77. The van der Waals surface area contributed by atoms with Crippen molar-refractivity contribution in [3.05, 3.63) is 0 Å². The Balaban J connectivity index is 2.86. The van der Waals surface area contributed by atoms with E-state index in [0.717, 1.165) is 25.7 Å². The fraction of sp³-hybridized carbons (Fsp3) is 0.895. The average molecular weight is 342 g/mol. The van der Waals surface area contributed by atoms with Gasteiger partial charge in [0.25, 0.3) is 0 Å². The summed E-state index contributed by atoms with van der Waals surface area (Å²) in [7, 11) is 1.47. The molecule has 0 bridgehead atoms. The molecule has 1 fully saturated rings. The summed E-state index contributed by atoms with van der Waals surface area (Å²) >= 11 is 0. The molecule has 0 amide bonds. The van der Waals surface area contributed by atoms with Gasteiger partial charge in [-0.05, 0) is 30.6 Å². The van der Waals surface area contributed by atoms with Crippen LogP contribution in [0.15, 0.2) is 0 Å². The van der Waals surface area contributed by atoms with Crippen molar-refractivity contribution in [3.8, 4) is 0 Å². The van der Waals surface area contributed by atoms with Gasteiger partial charge >= 0.3 is 11.9 Å². The zero-order valence-electron chi connectivity index (χ0n) is 15.9. The van der Waals surface area contributed by atoms with Gasteiger partial charge in [0.2, 0.25) is 0 Å². The van der Waals surface area contributed by atoms with Gasteiger partial charge in [-0.1, -0.05) is 47.0 Å². The predicted octanol–water partition coefficient (Wildman–Crippen LogP) is 3.60. The first-order valence-corrected chi connectivity index (χ1v) is 9.22. The molecule has 0 radical (unpaired) electrons. The molecule has 0 aromatic heterocycles. The van der Waals surface area contributed by atoms with E-state index < -0.39 is 18.0 Å². The third kappa shape index (κ3) is 6.80. The smallest absolute Gasteiger partial charge is 0.336 e. The fourth-order valence-electron chi connectivity index (χ4n) is 3.12. The average Bonchev–Trinajstić information content (AvgIpc) is 2.55. The minimum absolute atomic E-state index is 0.120. The van der Waals surface area contributed by atoms with Crippen molar-refractivity contribution in [3.63, 3.8) is 0 Å². The van der Waals surface area contributed by atoms with Gasteiger partial charge in [0.05, 0.1) is 19.1 Å². The molecule has 0 aromatic rings. The highest BCUT2D eigenvalue weighted by Crippen LogP contribution is 2.34. The van der Waals surface area contributed by atoms with Gasteiger partial charge in [0.15, 0.2) is 6.10 Å². The second-order valence-corrected chi connectivity index (χ2v) is 7.63. The van der Waals surface area contributed by atoms with Gasteiger partial charge in [0, 0.05) is 7.11 Å². The molecule has 0 heterocycles. The molecule has 0 aliphatic heterocycles. The highest BCUT2D eigenvalue weighted by molar-refractivity contribution is 5.84. The number of rotatable bonds is 9. The Bertz CT molecular complexity index is 385. The Morgan fingerprint density at radius 3 is 1.83 bits per heavy atom. The Morgan fingerprint density at radius 2 is 1.38 bits per heavy atom. The number of hydrogen-bond donors (Lipinski definition) is 0. The van der Waals surface area contributed by atoms with Crippen molar-refractivity contribution in [1.82, 2.24) is 0 Å². The fourth-order valence-corrected chi connectivity index (χ4v) is 3.12. The van der Waals surface area contributed by atoms with Crippen LogP contribution in [0, 0.1) is 23.7 Å². The molecular weight excluding hydrogens is 308 g/mol. The summed E-state index contributed by atoms with van der Waals surface area (Å²) in [6.45, 7) is 8.63. The maximum Gasteiger partial charge on any atom is 0.336 e. The Hall–Kier alpha value is -1.10. The van der Waals surface area contributed by atoms with E-state index in [1.807, 2.05) is 27.7 Å². The molecule has 1 aliphatic carbocycles. The number of esters is 2. The van der Waals surface area contributed by atoms with Gasteiger partial charge < -0.3 is 14.2 Å². The number of ether oxygens (including phenoxy) is 3. The largest absolute Gasteiger partial charge is 0.465 e. The van der Waals surface area contributed by atoms with Crippen LogP contribution >= 0.6 is 0 Å². The maximum absolute atomic E-state index is 12.7. The first-order valence-electron chi connectivity index (χ1n) is 9.22. The van der Waals surface area contributed by atoms with E-state index >= 15 is 0 Å². The summed E-state index contributed by atoms with van der Waals surface area (Å²) in [5.74, 6) is -0.738. The molecule has 24 heavy (non-hydrogen) atoms. The zero-order valence-corrected chi connectivity index (χ0v) is 15.9. The van der Waals surface area contributed by atoms with Crippen LogP contribution in [0.4, 0.5) is 0 Å². The quantitative estimate of drug-likeness (QED) is 0.599. The normalized spacial score (nSPS) is 18.5. The monoisotopic (exact) mass is 342 g/mol. The molecule has 0 N–H and O–H groups in total. The number of carbonyl (C=O) groups is 2. The number of methoxy groups -OCH3 is 1. The SMILES string of the molecule is COC(C(=O)OCC(C)C)C(C(=O)OCC(C)C)C1CCCCC1. The number of hydrogen-bond acceptors (Lipinski definition) is 5. The molecule has 5 heteroatoms. The lowest BCUT2D eigenvalue weighted by Gasteiger charge is -2.32. The van der Waals surface area contributed by atoms with Gasteiger partial charge in [-0.2, -0.15) is 0 Å². The molecule has 2 unspecified atom stereocenters. The molecular formula is C19H34O5. The molecule has 0 aromatic carbocycles. The summed E-state index contributed by atoms with van der Waals surface area (Å²) in [5.41, 5.74) is 0. The van der Waals surface area contributed by atoms with E-state index in [2.05, 4.69) is 0 Å². The van der Waals surface area contributed by atoms with E-state index in [1.54, 1.807) is 0 Å². The first-order chi connectivity index (χ1) is 11.4. The lowest BCUT2D eigenvalue weighted by molar-refractivity contribution is -0.173. The highest BCUT2D eigenvalue weighted by Gasteiger charge is 2.42. The molecule has 140 valence electrons. The third-order valence-electron chi connectivity index (χ3n) is 4.36. The molecule has 1 rings (SSSR count). The summed E-state index contributed by atoms with van der Waals surface area (Å²) < 4.78 is 16.2. The molecule has 1 aliphatic rings. The lowest BCUT2D eigenvalue weighted by Crippen LogP contribution is -2.44. The predicted molar refractivity (Wildman–Crippen MR) is 92.5 cm³/mol. The van der Waals surface area contributed by atoms with Crippen molar-refractivity contribution in [1.29, 1.82) is 0 Å². The van der Waals surface area contributed by atoms with Gasteiger partial charge in [-0.15, -0.1) is 0 Å². The topological polar surface area (TPSA) is 61.8 Å². The van der Waals surface area contributed by atoms with Crippen LogP contribution < -0.4 is 0 Å². The highest BCUT2D eigenvalue weighted by atomic mass is 16.6. The van der Waals surface area contributed by atoms with E-state index in [1.165, 1.54) is 13.5 Å². The van der Waals surface area contributed by atoms with Crippen LogP contribution in [-0.2, 0) is 23.8 Å². The number of carbonyl (C=O) groups excluding carboxylic acids is 2. The van der Waals surface area contributed by atoms with E-state index in [4.69, 9.17) is 14.2 Å². The molecule has 0 spiro atoms. The van der Waals surface area contributed by atoms with Crippen molar-refractivity contribution < 1.29 is 23.8 Å². The second kappa shape index (κ2) is 10.7. The Labute approximate surface area is 146 Å². The van der Waals surface area contributed by atoms with E-state index in [0.29, 0.717) is 13.2 Å². The van der Waals surface area contributed by atoms with Crippen molar-refractivity contribution in [2.75, 3.05) is 20.3 Å². The van der Waals surface area contributed by atoms with Crippen LogP contribution in [0.1, 0.15) is 59.8 Å². The van der Waals surface area contributed by atoms with Crippen molar-refractivity contribution in [2.45, 2.75) is 65.9 Å². The van der Waals surface area contributed by atoms with Crippen LogP contribution in [0.25, 0.3) is 0 Å². The van der Waals surface area contributed by atoms with Crippen LogP contribution in [0.5, 0.6) is 0 Å². The summed E-state index contributed by atoms with van der Waals surface area (Å²) in [5, 5.41) is 0. The molecule has 0 saturated heterocycles. The van der Waals surface area contributed by atoms with Crippen LogP contribution in [0.3, 0.4) is 0 Å². The summed E-state index contributed by atoms with van der Waals surface area (Å²) in [4.78, 5) is 25.1. The minimum atomic E-state index is -0.883. The van der Waals surface area contributed by atoms with Crippen LogP contribution in [0.2, 0.25) is 0 Å². The van der Waals surface area contributed by atoms with E-state index in [-0.39, 0.29) is 23.7 Å². The maximum atomic E-state index is 12.7. The van der Waals surface area contributed by atoms with Gasteiger partial charge in [-0.3, -0.25) is 4.79 Å². The first kappa shape index (κ1) is 20.9. The Morgan fingerprint density at radius 1 is 0.875 bits per heavy atom. The van der Waals surface area contributed by atoms with Crippen molar-refractivity contribution in [2.24, 2.45) is 23.7 Å². The zero-order chi connectivity index (χ0) is 18.1. The third-order valence-corrected chi connectivity index (χ3v) is 4.36.